The molecule has 1 heterocycles. The van der Waals surface area contributed by atoms with Crippen LogP contribution in [0.3, 0.4) is 0 Å². The largest absolute Gasteiger partial charge is 0.468 e. The monoisotopic (exact) mass is 276 g/mol. The molecule has 1 aromatic rings. The maximum absolute atomic E-state index is 5.65. The molecular formula is C16H24N2O2. The van der Waals surface area contributed by atoms with E-state index in [1.54, 1.807) is 0 Å². The predicted octanol–water partition coefficient (Wildman–Crippen LogP) is 2.17. The Morgan fingerprint density at radius 3 is 2.75 bits per heavy atom. The van der Waals surface area contributed by atoms with Gasteiger partial charge in [0.25, 0.3) is 0 Å². The van der Waals surface area contributed by atoms with Crippen molar-refractivity contribution in [2.45, 2.75) is 19.8 Å². The Kier molecular flexibility index (Phi) is 4.43. The Balaban J connectivity index is 1.52. The second-order valence-corrected chi connectivity index (χ2v) is 5.76. The molecule has 0 bridgehead atoms. The molecule has 0 spiro atoms. The molecule has 0 radical (unpaired) electrons. The molecule has 0 aromatic heterocycles. The van der Waals surface area contributed by atoms with Crippen molar-refractivity contribution in [3.63, 3.8) is 0 Å². The van der Waals surface area contributed by atoms with Gasteiger partial charge >= 0.3 is 0 Å². The Morgan fingerprint density at radius 1 is 1.25 bits per heavy atom. The van der Waals surface area contributed by atoms with Gasteiger partial charge in [0.15, 0.2) is 6.79 Å². The van der Waals surface area contributed by atoms with Crippen LogP contribution >= 0.6 is 0 Å². The van der Waals surface area contributed by atoms with E-state index in [0.29, 0.717) is 6.79 Å². The van der Waals surface area contributed by atoms with Gasteiger partial charge in [0, 0.05) is 31.9 Å². The van der Waals surface area contributed by atoms with Crippen molar-refractivity contribution in [2.24, 2.45) is 5.92 Å². The molecule has 0 amide bonds. The molecule has 1 aliphatic heterocycles. The highest BCUT2D eigenvalue weighted by molar-refractivity contribution is 5.56. The smallest absolute Gasteiger partial charge is 0.189 e. The fourth-order valence-electron chi connectivity index (χ4n) is 2.59. The summed E-state index contributed by atoms with van der Waals surface area (Å²) in [4.78, 5) is 2.43. The lowest BCUT2D eigenvalue weighted by atomic mass is 10.1. The van der Waals surface area contributed by atoms with Gasteiger partial charge in [0.05, 0.1) is 6.61 Å². The lowest BCUT2D eigenvalue weighted by Gasteiger charge is -2.30. The van der Waals surface area contributed by atoms with Crippen LogP contribution in [0, 0.1) is 12.8 Å². The minimum Gasteiger partial charge on any atom is -0.468 e. The summed E-state index contributed by atoms with van der Waals surface area (Å²) < 4.78 is 11.2. The van der Waals surface area contributed by atoms with Gasteiger partial charge in [-0.05, 0) is 49.4 Å². The molecule has 0 unspecified atom stereocenters. The number of hydrogen-bond donors (Lipinski definition) is 1. The zero-order valence-electron chi connectivity index (χ0n) is 12.2. The summed E-state index contributed by atoms with van der Waals surface area (Å²) in [6.07, 6.45) is 2.64. The molecule has 1 aromatic carbocycles. The maximum atomic E-state index is 5.65. The van der Waals surface area contributed by atoms with Crippen molar-refractivity contribution in [3.8, 4) is 5.75 Å². The fraction of sp³-hybridized carbons (Fsp3) is 0.625. The standard InChI is InChI=1S/C16H24N2O2/c1-13-10-15(20-12-19-11-14-2-3-14)4-5-16(13)18-8-6-17-7-9-18/h4-5,10,14,17H,2-3,6-9,11-12H2,1H3. The first kappa shape index (κ1) is 13.7. The molecule has 1 N–H and O–H groups in total. The van der Waals surface area contributed by atoms with Crippen LogP contribution in [0.2, 0.25) is 0 Å². The summed E-state index contributed by atoms with van der Waals surface area (Å²) in [5, 5.41) is 3.38. The van der Waals surface area contributed by atoms with Crippen LogP contribution in [-0.4, -0.2) is 39.6 Å². The van der Waals surface area contributed by atoms with Crippen LogP contribution in [0.5, 0.6) is 5.75 Å². The maximum Gasteiger partial charge on any atom is 0.189 e. The summed E-state index contributed by atoms with van der Waals surface area (Å²) in [5.41, 5.74) is 2.59. The molecule has 0 atom stereocenters. The molecule has 1 saturated heterocycles. The Hall–Kier alpha value is -1.26. The fourth-order valence-corrected chi connectivity index (χ4v) is 2.59. The molecule has 3 rings (SSSR count). The van der Waals surface area contributed by atoms with Gasteiger partial charge in [0.2, 0.25) is 0 Å². The van der Waals surface area contributed by atoms with E-state index in [0.717, 1.165) is 44.5 Å². The van der Waals surface area contributed by atoms with E-state index in [1.165, 1.54) is 24.1 Å². The minimum atomic E-state index is 0.364. The molecule has 1 saturated carbocycles. The van der Waals surface area contributed by atoms with Gasteiger partial charge in [-0.3, -0.25) is 0 Å². The quantitative estimate of drug-likeness (QED) is 0.638. The van der Waals surface area contributed by atoms with E-state index in [2.05, 4.69) is 29.3 Å². The van der Waals surface area contributed by atoms with Gasteiger partial charge in [-0.15, -0.1) is 0 Å². The number of anilines is 1. The molecule has 20 heavy (non-hydrogen) atoms. The molecular weight excluding hydrogens is 252 g/mol. The first-order valence-corrected chi connectivity index (χ1v) is 7.60. The van der Waals surface area contributed by atoms with E-state index >= 15 is 0 Å². The van der Waals surface area contributed by atoms with Crippen molar-refractivity contribution < 1.29 is 9.47 Å². The third-order valence-electron chi connectivity index (χ3n) is 3.99. The van der Waals surface area contributed by atoms with Crippen LogP contribution in [0.25, 0.3) is 0 Å². The van der Waals surface area contributed by atoms with Crippen LogP contribution in [0.15, 0.2) is 18.2 Å². The molecule has 4 heteroatoms. The Bertz CT molecular complexity index is 440. The third-order valence-corrected chi connectivity index (χ3v) is 3.99. The number of benzene rings is 1. The number of nitrogens with one attached hydrogen (secondary N) is 1. The number of nitrogens with zero attached hydrogens (tertiary/aromatic N) is 1. The summed E-state index contributed by atoms with van der Waals surface area (Å²) >= 11 is 0. The number of aryl methyl sites for hydroxylation is 1. The Morgan fingerprint density at radius 2 is 2.05 bits per heavy atom. The molecule has 2 aliphatic rings. The highest BCUT2D eigenvalue weighted by Gasteiger charge is 2.21. The Labute approximate surface area is 121 Å². The first-order valence-electron chi connectivity index (χ1n) is 7.60. The predicted molar refractivity (Wildman–Crippen MR) is 80.4 cm³/mol. The van der Waals surface area contributed by atoms with E-state index in [1.807, 2.05) is 6.07 Å². The van der Waals surface area contributed by atoms with Gasteiger partial charge in [0.1, 0.15) is 5.75 Å². The summed E-state index contributed by atoms with van der Waals surface area (Å²) in [6.45, 7) is 7.63. The average Bonchev–Trinajstić information content (AvgIpc) is 3.29. The number of rotatable bonds is 6. The zero-order valence-corrected chi connectivity index (χ0v) is 12.2. The highest BCUT2D eigenvalue weighted by atomic mass is 16.7. The van der Waals surface area contributed by atoms with Gasteiger partial charge in [-0.2, -0.15) is 0 Å². The van der Waals surface area contributed by atoms with Crippen LogP contribution in [0.4, 0.5) is 5.69 Å². The number of piperazine rings is 1. The number of hydrogen-bond acceptors (Lipinski definition) is 4. The van der Waals surface area contributed by atoms with Crippen LogP contribution < -0.4 is 15.0 Å². The summed E-state index contributed by atoms with van der Waals surface area (Å²) in [7, 11) is 0. The van der Waals surface area contributed by atoms with Gasteiger partial charge in [-0.25, -0.2) is 0 Å². The first-order chi connectivity index (χ1) is 9.83. The lowest BCUT2D eigenvalue weighted by molar-refractivity contribution is 0.00996. The molecule has 2 fully saturated rings. The minimum absolute atomic E-state index is 0.364. The summed E-state index contributed by atoms with van der Waals surface area (Å²) in [5.74, 6) is 1.69. The van der Waals surface area contributed by atoms with E-state index < -0.39 is 0 Å². The summed E-state index contributed by atoms with van der Waals surface area (Å²) in [6, 6.07) is 6.32. The second-order valence-electron chi connectivity index (χ2n) is 5.76. The van der Waals surface area contributed by atoms with Crippen molar-refractivity contribution >= 4 is 5.69 Å². The van der Waals surface area contributed by atoms with Gasteiger partial charge in [-0.1, -0.05) is 0 Å². The van der Waals surface area contributed by atoms with Crippen LogP contribution in [-0.2, 0) is 4.74 Å². The lowest BCUT2D eigenvalue weighted by Crippen LogP contribution is -2.43. The second kappa shape index (κ2) is 6.46. The van der Waals surface area contributed by atoms with Crippen molar-refractivity contribution in [1.82, 2.24) is 5.32 Å². The average molecular weight is 276 g/mol. The van der Waals surface area contributed by atoms with E-state index in [4.69, 9.17) is 9.47 Å². The van der Waals surface area contributed by atoms with Crippen LogP contribution in [0.1, 0.15) is 18.4 Å². The molecule has 110 valence electrons. The molecule has 4 nitrogen and oxygen atoms in total. The van der Waals surface area contributed by atoms with Crippen molar-refractivity contribution in [3.05, 3.63) is 23.8 Å². The SMILES string of the molecule is Cc1cc(OCOCC2CC2)ccc1N1CCNCC1. The zero-order chi connectivity index (χ0) is 13.8. The van der Waals surface area contributed by atoms with E-state index in [9.17, 15) is 0 Å². The topological polar surface area (TPSA) is 33.7 Å². The molecule has 1 aliphatic carbocycles. The highest BCUT2D eigenvalue weighted by Crippen LogP contribution is 2.29. The van der Waals surface area contributed by atoms with Gasteiger partial charge < -0.3 is 19.7 Å². The van der Waals surface area contributed by atoms with Crippen molar-refractivity contribution in [2.75, 3.05) is 44.5 Å². The number of ether oxygens (including phenoxy) is 2. The third kappa shape index (κ3) is 3.64. The normalized spacial score (nSPS) is 19.1. The van der Waals surface area contributed by atoms with Crippen molar-refractivity contribution in [1.29, 1.82) is 0 Å². The van der Waals surface area contributed by atoms with E-state index in [-0.39, 0.29) is 0 Å².